The summed E-state index contributed by atoms with van der Waals surface area (Å²) in [7, 11) is 0. The molecule has 1 fully saturated rings. The lowest BCUT2D eigenvalue weighted by atomic mass is 10.1. The average Bonchev–Trinajstić information content (AvgIpc) is 2.21. The Morgan fingerprint density at radius 1 is 1.29 bits per heavy atom. The molecule has 2 N–H and O–H groups in total. The van der Waals surface area contributed by atoms with Gasteiger partial charge in [0.15, 0.2) is 0 Å². The largest absolute Gasteiger partial charge is 0.329 e. The molecule has 1 aromatic carbocycles. The van der Waals surface area contributed by atoms with Gasteiger partial charge in [-0.3, -0.25) is 9.36 Å². The highest BCUT2D eigenvalue weighted by atomic mass is 16.2. The minimum atomic E-state index is -0.320. The van der Waals surface area contributed by atoms with E-state index in [4.69, 9.17) is 0 Å². The van der Waals surface area contributed by atoms with Crippen molar-refractivity contribution in [3.8, 4) is 0 Å². The van der Waals surface area contributed by atoms with Crippen LogP contribution in [0.1, 0.15) is 11.6 Å². The molecule has 2 aromatic rings. The number of aryl methyl sites for hydroxylation is 1. The van der Waals surface area contributed by atoms with Crippen molar-refractivity contribution in [1.29, 1.82) is 0 Å². The molecule has 0 spiro atoms. The van der Waals surface area contributed by atoms with E-state index in [0.717, 1.165) is 5.56 Å². The molecule has 17 heavy (non-hydrogen) atoms. The van der Waals surface area contributed by atoms with E-state index >= 15 is 0 Å². The Balaban J connectivity index is 2.41. The summed E-state index contributed by atoms with van der Waals surface area (Å²) in [5.74, 6) is 0. The van der Waals surface area contributed by atoms with Crippen LogP contribution in [0.15, 0.2) is 27.8 Å². The fourth-order valence-electron chi connectivity index (χ4n) is 2.23. The van der Waals surface area contributed by atoms with Crippen molar-refractivity contribution < 1.29 is 0 Å². The first-order chi connectivity index (χ1) is 8.18. The van der Waals surface area contributed by atoms with Gasteiger partial charge < -0.3 is 10.3 Å². The van der Waals surface area contributed by atoms with Crippen LogP contribution in [0.5, 0.6) is 0 Å². The van der Waals surface area contributed by atoms with Crippen molar-refractivity contribution in [1.82, 2.24) is 14.9 Å². The van der Waals surface area contributed by atoms with Crippen LogP contribution in [-0.2, 0) is 0 Å². The van der Waals surface area contributed by atoms with Crippen molar-refractivity contribution in [3.63, 3.8) is 0 Å². The molecule has 1 aromatic heterocycles. The van der Waals surface area contributed by atoms with Gasteiger partial charge in [-0.1, -0.05) is 12.1 Å². The smallest absolute Gasteiger partial charge is 0.312 e. The van der Waals surface area contributed by atoms with Crippen molar-refractivity contribution in [2.75, 3.05) is 13.1 Å². The summed E-state index contributed by atoms with van der Waals surface area (Å²) in [6.07, 6.45) is 0. The van der Waals surface area contributed by atoms with Gasteiger partial charge in [-0.05, 0) is 18.6 Å². The number of aromatic nitrogens is 2. The first-order valence-electron chi connectivity index (χ1n) is 5.63. The maximum Gasteiger partial charge on any atom is 0.329 e. The predicted molar refractivity (Wildman–Crippen MR) is 65.5 cm³/mol. The van der Waals surface area contributed by atoms with Crippen molar-refractivity contribution >= 4 is 10.9 Å². The first-order valence-corrected chi connectivity index (χ1v) is 5.63. The number of H-pyrrole nitrogens is 1. The van der Waals surface area contributed by atoms with Gasteiger partial charge in [-0.15, -0.1) is 0 Å². The average molecular weight is 231 g/mol. The highest BCUT2D eigenvalue weighted by molar-refractivity contribution is 5.80. The molecule has 2 heterocycles. The molecule has 0 aliphatic carbocycles. The number of fused-ring (bicyclic) bond motifs is 1. The van der Waals surface area contributed by atoms with E-state index < -0.39 is 0 Å². The number of aromatic amines is 1. The van der Waals surface area contributed by atoms with Gasteiger partial charge in [0.2, 0.25) is 0 Å². The van der Waals surface area contributed by atoms with Crippen LogP contribution in [0.4, 0.5) is 0 Å². The van der Waals surface area contributed by atoms with E-state index in [1.807, 2.05) is 19.1 Å². The van der Waals surface area contributed by atoms with E-state index in [2.05, 4.69) is 10.3 Å². The summed E-state index contributed by atoms with van der Waals surface area (Å²) in [6, 6.07) is 5.46. The second-order valence-corrected chi connectivity index (χ2v) is 4.41. The highest BCUT2D eigenvalue weighted by Gasteiger charge is 2.23. The van der Waals surface area contributed by atoms with Crippen molar-refractivity contribution in [3.05, 3.63) is 44.6 Å². The van der Waals surface area contributed by atoms with E-state index in [1.54, 1.807) is 6.07 Å². The SMILES string of the molecule is Cc1cccc2[nH]c(=O)n(C3CNC3)c(=O)c12. The summed E-state index contributed by atoms with van der Waals surface area (Å²) in [4.78, 5) is 27.0. The third-order valence-corrected chi connectivity index (χ3v) is 3.29. The lowest BCUT2D eigenvalue weighted by Crippen LogP contribution is -2.52. The van der Waals surface area contributed by atoms with E-state index in [9.17, 15) is 9.59 Å². The molecule has 0 atom stereocenters. The van der Waals surface area contributed by atoms with Gasteiger partial charge in [-0.2, -0.15) is 0 Å². The van der Waals surface area contributed by atoms with Gasteiger partial charge >= 0.3 is 5.69 Å². The Labute approximate surface area is 97.1 Å². The van der Waals surface area contributed by atoms with Crippen LogP contribution in [0.3, 0.4) is 0 Å². The quantitative estimate of drug-likeness (QED) is 0.733. The molecule has 0 bridgehead atoms. The van der Waals surface area contributed by atoms with Gasteiger partial charge in [0.1, 0.15) is 0 Å². The molecular formula is C12H13N3O2. The van der Waals surface area contributed by atoms with Crippen LogP contribution >= 0.6 is 0 Å². The Kier molecular flexibility index (Phi) is 2.16. The topological polar surface area (TPSA) is 66.9 Å². The van der Waals surface area contributed by atoms with Crippen molar-refractivity contribution in [2.24, 2.45) is 0 Å². The summed E-state index contributed by atoms with van der Waals surface area (Å²) in [5.41, 5.74) is 1.00. The molecule has 88 valence electrons. The lowest BCUT2D eigenvalue weighted by molar-refractivity contribution is 0.327. The number of benzene rings is 1. The van der Waals surface area contributed by atoms with E-state index in [1.165, 1.54) is 4.57 Å². The van der Waals surface area contributed by atoms with Crippen LogP contribution in [0.25, 0.3) is 10.9 Å². The molecule has 5 nitrogen and oxygen atoms in total. The Morgan fingerprint density at radius 2 is 2.06 bits per heavy atom. The molecule has 0 unspecified atom stereocenters. The van der Waals surface area contributed by atoms with E-state index in [-0.39, 0.29) is 17.3 Å². The second kappa shape index (κ2) is 3.56. The monoisotopic (exact) mass is 231 g/mol. The van der Waals surface area contributed by atoms with Crippen LogP contribution < -0.4 is 16.6 Å². The number of nitrogens with one attached hydrogen (secondary N) is 2. The van der Waals surface area contributed by atoms with Crippen LogP contribution in [0.2, 0.25) is 0 Å². The van der Waals surface area contributed by atoms with Gasteiger partial charge in [0.25, 0.3) is 5.56 Å². The molecule has 1 saturated heterocycles. The standard InChI is InChI=1S/C12H13N3O2/c1-7-3-2-4-9-10(7)11(16)15(12(17)14-9)8-5-13-6-8/h2-4,8,13H,5-6H2,1H3,(H,14,17). The number of nitrogens with zero attached hydrogens (tertiary/aromatic N) is 1. The number of hydrogen-bond donors (Lipinski definition) is 2. The third kappa shape index (κ3) is 1.43. The van der Waals surface area contributed by atoms with E-state index in [0.29, 0.717) is 24.0 Å². The molecule has 1 aliphatic heterocycles. The zero-order valence-corrected chi connectivity index (χ0v) is 9.49. The summed E-state index contributed by atoms with van der Waals surface area (Å²) < 4.78 is 1.33. The predicted octanol–water partition coefficient (Wildman–Crippen LogP) is 0.143. The molecule has 5 heteroatoms. The zero-order chi connectivity index (χ0) is 12.0. The van der Waals surface area contributed by atoms with Gasteiger partial charge in [0, 0.05) is 13.1 Å². The van der Waals surface area contributed by atoms with Crippen LogP contribution in [-0.4, -0.2) is 22.6 Å². The van der Waals surface area contributed by atoms with Gasteiger partial charge in [0.05, 0.1) is 16.9 Å². The Hall–Kier alpha value is -1.88. The zero-order valence-electron chi connectivity index (χ0n) is 9.49. The van der Waals surface area contributed by atoms with Gasteiger partial charge in [-0.25, -0.2) is 4.79 Å². The third-order valence-electron chi connectivity index (χ3n) is 3.29. The number of hydrogen-bond acceptors (Lipinski definition) is 3. The van der Waals surface area contributed by atoms with Crippen molar-refractivity contribution in [2.45, 2.75) is 13.0 Å². The molecule has 0 amide bonds. The molecular weight excluding hydrogens is 218 g/mol. The second-order valence-electron chi connectivity index (χ2n) is 4.41. The molecule has 0 radical (unpaired) electrons. The highest BCUT2D eigenvalue weighted by Crippen LogP contribution is 2.12. The maximum absolute atomic E-state index is 12.3. The lowest BCUT2D eigenvalue weighted by Gasteiger charge is -2.28. The summed E-state index contributed by atoms with van der Waals surface area (Å²) in [6.45, 7) is 3.24. The fourth-order valence-corrected chi connectivity index (χ4v) is 2.23. The first kappa shape index (κ1) is 10.3. The maximum atomic E-state index is 12.3. The molecule has 1 aliphatic rings. The normalized spacial score (nSPS) is 16.1. The minimum absolute atomic E-state index is 0.0183. The summed E-state index contributed by atoms with van der Waals surface area (Å²) in [5, 5.41) is 3.67. The Morgan fingerprint density at radius 3 is 2.71 bits per heavy atom. The van der Waals surface area contributed by atoms with Crippen LogP contribution in [0, 0.1) is 6.92 Å². The number of rotatable bonds is 1. The molecule has 3 rings (SSSR count). The minimum Gasteiger partial charge on any atom is -0.312 e. The fraction of sp³-hybridized carbons (Fsp3) is 0.333. The molecule has 0 saturated carbocycles. The Bertz CT molecular complexity index is 695. The summed E-state index contributed by atoms with van der Waals surface area (Å²) >= 11 is 0.